The summed E-state index contributed by atoms with van der Waals surface area (Å²) in [6.07, 6.45) is 3.42. The van der Waals surface area contributed by atoms with Gasteiger partial charge < -0.3 is 5.73 Å². The lowest BCUT2D eigenvalue weighted by molar-refractivity contribution is 0.564. The second-order valence-corrected chi connectivity index (χ2v) is 5.72. The highest BCUT2D eigenvalue weighted by Gasteiger charge is 2.22. The molecule has 0 radical (unpaired) electrons. The molecule has 1 unspecified atom stereocenters. The average Bonchev–Trinajstić information content (AvgIpc) is 2.75. The van der Waals surface area contributed by atoms with Crippen molar-refractivity contribution in [2.45, 2.75) is 32.2 Å². The van der Waals surface area contributed by atoms with Crippen molar-refractivity contribution >= 4 is 11.3 Å². The molecule has 0 bridgehead atoms. The minimum absolute atomic E-state index is 0.146. The van der Waals surface area contributed by atoms with Gasteiger partial charge in [-0.1, -0.05) is 24.3 Å². The van der Waals surface area contributed by atoms with E-state index in [4.69, 9.17) is 10.7 Å². The highest BCUT2D eigenvalue weighted by molar-refractivity contribution is 7.15. The summed E-state index contributed by atoms with van der Waals surface area (Å²) in [4.78, 5) is 6.15. The van der Waals surface area contributed by atoms with Crippen molar-refractivity contribution in [3.8, 4) is 10.6 Å². The maximum atomic E-state index is 6.12. The molecule has 0 fully saturated rings. The molecule has 1 heterocycles. The summed E-state index contributed by atoms with van der Waals surface area (Å²) in [6, 6.07) is 8.56. The quantitative estimate of drug-likeness (QED) is 0.834. The zero-order valence-electron chi connectivity index (χ0n) is 9.94. The maximum absolute atomic E-state index is 6.12. The third-order valence-electron chi connectivity index (χ3n) is 3.37. The van der Waals surface area contributed by atoms with Crippen molar-refractivity contribution in [2.75, 3.05) is 0 Å². The Balaban J connectivity index is 2.08. The summed E-state index contributed by atoms with van der Waals surface area (Å²) < 4.78 is 0. The average molecular weight is 244 g/mol. The second-order valence-electron chi connectivity index (χ2n) is 4.64. The minimum atomic E-state index is 0.146. The molecule has 3 rings (SSSR count). The molecule has 1 atom stereocenters. The van der Waals surface area contributed by atoms with Gasteiger partial charge in [-0.2, -0.15) is 0 Å². The van der Waals surface area contributed by atoms with Crippen LogP contribution in [0.25, 0.3) is 10.6 Å². The Bertz CT molecular complexity index is 545. The highest BCUT2D eigenvalue weighted by atomic mass is 32.1. The van der Waals surface area contributed by atoms with Gasteiger partial charge in [-0.05, 0) is 31.7 Å². The van der Waals surface area contributed by atoms with Crippen LogP contribution in [0, 0.1) is 6.92 Å². The van der Waals surface area contributed by atoms with Gasteiger partial charge in [-0.3, -0.25) is 0 Å². The molecule has 1 aliphatic carbocycles. The van der Waals surface area contributed by atoms with Crippen molar-refractivity contribution in [1.82, 2.24) is 4.98 Å². The minimum Gasteiger partial charge on any atom is -0.323 e. The van der Waals surface area contributed by atoms with E-state index in [0.717, 1.165) is 23.5 Å². The third kappa shape index (κ3) is 1.90. The number of hydrogen-bond acceptors (Lipinski definition) is 3. The highest BCUT2D eigenvalue weighted by Crippen LogP contribution is 2.36. The van der Waals surface area contributed by atoms with E-state index in [0.29, 0.717) is 0 Å². The molecule has 0 saturated heterocycles. The molecular weight excluding hydrogens is 228 g/mol. The van der Waals surface area contributed by atoms with E-state index in [2.05, 4.69) is 31.2 Å². The van der Waals surface area contributed by atoms with Crippen LogP contribution in [0.4, 0.5) is 0 Å². The van der Waals surface area contributed by atoms with Crippen LogP contribution in [0.2, 0.25) is 0 Å². The Labute approximate surface area is 106 Å². The summed E-state index contributed by atoms with van der Waals surface area (Å²) in [7, 11) is 0. The van der Waals surface area contributed by atoms with Gasteiger partial charge in [0.05, 0.1) is 5.69 Å². The molecule has 2 aromatic rings. The summed E-state index contributed by atoms with van der Waals surface area (Å²) in [5.74, 6) is 0. The number of fused-ring (bicyclic) bond motifs is 1. The molecule has 0 aliphatic heterocycles. The van der Waals surface area contributed by atoms with Crippen LogP contribution in [-0.4, -0.2) is 4.98 Å². The molecule has 3 heteroatoms. The number of nitrogens with zero attached hydrogens (tertiary/aromatic N) is 1. The molecule has 0 saturated carbocycles. The largest absolute Gasteiger partial charge is 0.323 e. The first kappa shape index (κ1) is 10.9. The maximum Gasteiger partial charge on any atom is 0.124 e. The van der Waals surface area contributed by atoms with E-state index in [9.17, 15) is 0 Å². The van der Waals surface area contributed by atoms with E-state index in [1.807, 2.05) is 11.3 Å². The molecule has 2 N–H and O–H groups in total. The first-order chi connectivity index (χ1) is 8.25. The van der Waals surface area contributed by atoms with E-state index in [-0.39, 0.29) is 6.04 Å². The normalized spacial score (nSPS) is 19.1. The van der Waals surface area contributed by atoms with Gasteiger partial charge in [0.25, 0.3) is 0 Å². The van der Waals surface area contributed by atoms with Gasteiger partial charge in [0.1, 0.15) is 5.01 Å². The van der Waals surface area contributed by atoms with Crippen molar-refractivity contribution in [3.63, 3.8) is 0 Å². The predicted molar refractivity (Wildman–Crippen MR) is 72.2 cm³/mol. The predicted octanol–water partition coefficient (Wildman–Crippen LogP) is 3.45. The van der Waals surface area contributed by atoms with Gasteiger partial charge in [0.2, 0.25) is 0 Å². The van der Waals surface area contributed by atoms with Crippen LogP contribution >= 0.6 is 11.3 Å². The lowest BCUT2D eigenvalue weighted by atomic mass is 9.98. The number of aromatic nitrogens is 1. The van der Waals surface area contributed by atoms with Crippen molar-refractivity contribution < 1.29 is 0 Å². The first-order valence-corrected chi connectivity index (χ1v) is 6.88. The molecule has 17 heavy (non-hydrogen) atoms. The number of hydrogen-bond donors (Lipinski definition) is 1. The monoisotopic (exact) mass is 244 g/mol. The van der Waals surface area contributed by atoms with E-state index in [1.54, 1.807) is 0 Å². The number of aryl methyl sites for hydroxylation is 2. The first-order valence-electron chi connectivity index (χ1n) is 6.07. The molecule has 2 nitrogen and oxygen atoms in total. The van der Waals surface area contributed by atoms with Crippen LogP contribution in [0.15, 0.2) is 24.3 Å². The van der Waals surface area contributed by atoms with Gasteiger partial charge in [0.15, 0.2) is 0 Å². The Kier molecular flexibility index (Phi) is 2.73. The molecule has 1 aromatic carbocycles. The Hall–Kier alpha value is -1.19. The van der Waals surface area contributed by atoms with Gasteiger partial charge in [-0.15, -0.1) is 11.3 Å². The molecule has 0 spiro atoms. The smallest absolute Gasteiger partial charge is 0.124 e. The Morgan fingerprint density at radius 3 is 2.94 bits per heavy atom. The van der Waals surface area contributed by atoms with Gasteiger partial charge in [-0.25, -0.2) is 4.98 Å². The van der Waals surface area contributed by atoms with Crippen LogP contribution < -0.4 is 5.73 Å². The second kappa shape index (κ2) is 4.24. The van der Waals surface area contributed by atoms with Crippen molar-refractivity contribution in [2.24, 2.45) is 5.73 Å². The molecule has 88 valence electrons. The lowest BCUT2D eigenvalue weighted by Crippen LogP contribution is -2.16. The molecule has 1 aliphatic rings. The fourth-order valence-corrected chi connectivity index (χ4v) is 3.64. The van der Waals surface area contributed by atoms with E-state index >= 15 is 0 Å². The summed E-state index contributed by atoms with van der Waals surface area (Å²) in [6.45, 7) is 2.13. The number of nitrogens with two attached hydrogens (primary N) is 1. The Morgan fingerprint density at radius 2 is 2.18 bits per heavy atom. The topological polar surface area (TPSA) is 38.9 Å². The lowest BCUT2D eigenvalue weighted by Gasteiger charge is -2.15. The van der Waals surface area contributed by atoms with Crippen LogP contribution in [0.5, 0.6) is 0 Å². The summed E-state index contributed by atoms with van der Waals surface area (Å²) >= 11 is 1.82. The summed E-state index contributed by atoms with van der Waals surface area (Å²) in [5.41, 5.74) is 9.79. The zero-order valence-corrected chi connectivity index (χ0v) is 10.8. The zero-order chi connectivity index (χ0) is 11.8. The molecule has 1 aromatic heterocycles. The molecular formula is C14H16N2S. The van der Waals surface area contributed by atoms with Gasteiger partial charge in [0, 0.05) is 16.5 Å². The van der Waals surface area contributed by atoms with Gasteiger partial charge >= 0.3 is 0 Å². The number of benzene rings is 1. The fourth-order valence-electron chi connectivity index (χ4n) is 2.38. The van der Waals surface area contributed by atoms with Crippen molar-refractivity contribution in [3.05, 3.63) is 40.4 Å². The van der Waals surface area contributed by atoms with Crippen LogP contribution in [0.3, 0.4) is 0 Å². The standard InChI is InChI=1S/C14H16N2S/c1-9-5-2-3-6-10(9)14-16-13-11(15)7-4-8-12(13)17-14/h2-3,5-6,11H,4,7-8,15H2,1H3. The fraction of sp³-hybridized carbons (Fsp3) is 0.357. The van der Waals surface area contributed by atoms with E-state index < -0.39 is 0 Å². The number of thiazole rings is 1. The SMILES string of the molecule is Cc1ccccc1-c1nc2c(s1)CCCC2N. The third-order valence-corrected chi connectivity index (χ3v) is 4.54. The van der Waals surface area contributed by atoms with Crippen molar-refractivity contribution in [1.29, 1.82) is 0 Å². The Morgan fingerprint density at radius 1 is 1.35 bits per heavy atom. The summed E-state index contributed by atoms with van der Waals surface area (Å²) in [5, 5.41) is 1.13. The number of rotatable bonds is 1. The van der Waals surface area contributed by atoms with E-state index in [1.165, 1.54) is 22.4 Å². The molecule has 0 amide bonds. The van der Waals surface area contributed by atoms with Crippen LogP contribution in [-0.2, 0) is 6.42 Å². The van der Waals surface area contributed by atoms with Crippen LogP contribution in [0.1, 0.15) is 35.0 Å².